The molecule has 2 fully saturated rings. The summed E-state index contributed by atoms with van der Waals surface area (Å²) in [7, 11) is -1.98. The summed E-state index contributed by atoms with van der Waals surface area (Å²) in [6, 6.07) is -0.145. The van der Waals surface area contributed by atoms with Gasteiger partial charge in [0.2, 0.25) is 5.91 Å². The van der Waals surface area contributed by atoms with Crippen LogP contribution in [0, 0.1) is 11.8 Å². The average Bonchev–Trinajstić information content (AvgIpc) is 3.11. The molecular weight excluding hydrogens is 412 g/mol. The van der Waals surface area contributed by atoms with E-state index in [1.54, 1.807) is 11.0 Å². The zero-order valence-electron chi connectivity index (χ0n) is 20.0. The fourth-order valence-corrected chi connectivity index (χ4v) is 5.49. The predicted molar refractivity (Wildman–Crippen MR) is 123 cm³/mol. The molecule has 4 atom stereocenters. The first-order valence-corrected chi connectivity index (χ1v) is 14.3. The predicted octanol–water partition coefficient (Wildman–Crippen LogP) is 3.90. The molecule has 0 saturated carbocycles. The Kier molecular flexibility index (Phi) is 8.50. The number of ether oxygens (including phenoxy) is 1. The van der Waals surface area contributed by atoms with Gasteiger partial charge >= 0.3 is 6.09 Å². The Balaban J connectivity index is 1.77. The van der Waals surface area contributed by atoms with Crippen molar-refractivity contribution in [3.63, 3.8) is 0 Å². The number of amides is 2. The molecule has 7 nitrogen and oxygen atoms in total. The second kappa shape index (κ2) is 10.3. The molecular formula is C23H40N2O5Si. The molecule has 0 aromatic carbocycles. The van der Waals surface area contributed by atoms with Crippen LogP contribution in [0.5, 0.6) is 0 Å². The maximum absolute atomic E-state index is 12.6. The van der Waals surface area contributed by atoms with E-state index in [-0.39, 0.29) is 47.5 Å². The van der Waals surface area contributed by atoms with E-state index >= 15 is 0 Å². The van der Waals surface area contributed by atoms with Crippen LogP contribution in [0.3, 0.4) is 0 Å². The van der Waals surface area contributed by atoms with Gasteiger partial charge in [-0.25, -0.2) is 4.79 Å². The Morgan fingerprint density at radius 2 is 2.03 bits per heavy atom. The van der Waals surface area contributed by atoms with E-state index in [4.69, 9.17) is 9.16 Å². The van der Waals surface area contributed by atoms with Gasteiger partial charge in [-0.2, -0.15) is 0 Å². The number of β-lactam (4-membered cyclic amide) rings is 1. The summed E-state index contributed by atoms with van der Waals surface area (Å²) in [5.41, 5.74) is 0. The van der Waals surface area contributed by atoms with Crippen molar-refractivity contribution < 1.29 is 23.5 Å². The van der Waals surface area contributed by atoms with Crippen LogP contribution in [-0.4, -0.2) is 62.8 Å². The van der Waals surface area contributed by atoms with Gasteiger partial charge in [-0.3, -0.25) is 9.59 Å². The Morgan fingerprint density at radius 1 is 1.35 bits per heavy atom. The molecule has 2 heterocycles. The molecule has 2 amide bonds. The number of rotatable bonds is 10. The lowest BCUT2D eigenvalue weighted by Gasteiger charge is -2.45. The lowest BCUT2D eigenvalue weighted by Crippen LogP contribution is -2.64. The third kappa shape index (κ3) is 6.65. The highest BCUT2D eigenvalue weighted by molar-refractivity contribution is 6.74. The molecule has 0 aromatic rings. The zero-order chi connectivity index (χ0) is 23.4. The Labute approximate surface area is 188 Å². The molecule has 0 aliphatic carbocycles. The van der Waals surface area contributed by atoms with Gasteiger partial charge in [0.05, 0.1) is 12.0 Å². The highest BCUT2D eigenvalue weighted by atomic mass is 28.4. The largest absolute Gasteiger partial charge is 0.445 e. The van der Waals surface area contributed by atoms with Crippen molar-refractivity contribution in [1.29, 1.82) is 0 Å². The highest BCUT2D eigenvalue weighted by Crippen LogP contribution is 2.39. The number of carbonyl (C=O) groups is 3. The van der Waals surface area contributed by atoms with E-state index in [2.05, 4.69) is 45.8 Å². The van der Waals surface area contributed by atoms with E-state index in [1.165, 1.54) is 0 Å². The quantitative estimate of drug-likeness (QED) is 0.309. The first-order valence-electron chi connectivity index (χ1n) is 11.4. The van der Waals surface area contributed by atoms with Gasteiger partial charge in [-0.15, -0.1) is 0 Å². The monoisotopic (exact) mass is 452 g/mol. The van der Waals surface area contributed by atoms with Crippen LogP contribution in [0.1, 0.15) is 53.4 Å². The van der Waals surface area contributed by atoms with Crippen LogP contribution in [0.15, 0.2) is 12.7 Å². The van der Waals surface area contributed by atoms with Gasteiger partial charge in [0.1, 0.15) is 12.4 Å². The minimum Gasteiger partial charge on any atom is -0.445 e. The summed E-state index contributed by atoms with van der Waals surface area (Å²) < 4.78 is 11.5. The molecule has 0 spiro atoms. The van der Waals surface area contributed by atoms with Crippen LogP contribution < -0.4 is 5.32 Å². The van der Waals surface area contributed by atoms with Gasteiger partial charge < -0.3 is 19.4 Å². The number of nitrogens with one attached hydrogen (secondary N) is 1. The van der Waals surface area contributed by atoms with E-state index < -0.39 is 8.32 Å². The third-order valence-corrected chi connectivity index (χ3v) is 11.6. The molecule has 8 heteroatoms. The van der Waals surface area contributed by atoms with E-state index in [0.29, 0.717) is 31.8 Å². The first kappa shape index (κ1) is 25.6. The topological polar surface area (TPSA) is 84.9 Å². The molecule has 0 radical (unpaired) electrons. The van der Waals surface area contributed by atoms with Gasteiger partial charge in [0, 0.05) is 32.0 Å². The van der Waals surface area contributed by atoms with E-state index in [9.17, 15) is 14.4 Å². The van der Waals surface area contributed by atoms with Gasteiger partial charge in [-0.05, 0) is 43.8 Å². The second-order valence-corrected chi connectivity index (χ2v) is 15.2. The first-order chi connectivity index (χ1) is 14.4. The summed E-state index contributed by atoms with van der Waals surface area (Å²) in [5.74, 6) is 0.184. The number of Topliss-reactive ketones (excluding diaryl/α,β-unsaturated/α-hetero) is 1. The van der Waals surface area contributed by atoms with Crippen molar-refractivity contribution in [2.75, 3.05) is 19.7 Å². The number of carbonyl (C=O) groups excluding carboxylic acids is 3. The normalized spacial score (nSPS) is 24.9. The summed E-state index contributed by atoms with van der Waals surface area (Å²) in [6.45, 7) is 17.9. The summed E-state index contributed by atoms with van der Waals surface area (Å²) in [5, 5.41) is 2.97. The SMILES string of the molecule is C=CCOC(=O)N1CCC(CCC(=O)C[C@H]2NC(=O)[C@@H]2[C@@H](C)O[Si](C)(C)C(C)(C)C)C1. The smallest absolute Gasteiger partial charge is 0.410 e. The standard InChI is InChI=1S/C23H40N2O5Si/c1-8-13-29-22(28)25-12-11-17(15-25)9-10-18(26)14-19-20(21(27)24-19)16(2)30-31(6,7)23(3,4)5/h8,16-17,19-20H,1,9-15H2,2-7H3,(H,24,27)/t16-,17?,19-,20-/m1/s1. The molecule has 2 aliphatic heterocycles. The highest BCUT2D eigenvalue weighted by Gasteiger charge is 2.47. The fraction of sp³-hybridized carbons (Fsp3) is 0.783. The van der Waals surface area contributed by atoms with Gasteiger partial charge in [-0.1, -0.05) is 33.4 Å². The molecule has 176 valence electrons. The van der Waals surface area contributed by atoms with Crippen molar-refractivity contribution in [2.45, 2.75) is 83.7 Å². The maximum Gasteiger partial charge on any atom is 0.410 e. The number of hydrogen-bond donors (Lipinski definition) is 1. The second-order valence-electron chi connectivity index (χ2n) is 10.5. The third-order valence-electron chi connectivity index (χ3n) is 7.00. The Hall–Kier alpha value is -1.67. The molecule has 31 heavy (non-hydrogen) atoms. The summed E-state index contributed by atoms with van der Waals surface area (Å²) in [4.78, 5) is 38.4. The minimum atomic E-state index is -1.98. The number of ketones is 1. The van der Waals surface area contributed by atoms with Crippen molar-refractivity contribution in [3.8, 4) is 0 Å². The molecule has 2 rings (SSSR count). The van der Waals surface area contributed by atoms with Crippen molar-refractivity contribution >= 4 is 26.1 Å². The number of likely N-dealkylation sites (tertiary alicyclic amines) is 1. The fourth-order valence-electron chi connectivity index (χ4n) is 4.06. The molecule has 2 aliphatic rings. The van der Waals surface area contributed by atoms with Crippen LogP contribution in [0.25, 0.3) is 0 Å². The van der Waals surface area contributed by atoms with Gasteiger partial charge in [0.25, 0.3) is 0 Å². The zero-order valence-corrected chi connectivity index (χ0v) is 21.0. The average molecular weight is 453 g/mol. The Bertz CT molecular complexity index is 688. The van der Waals surface area contributed by atoms with Gasteiger partial charge in [0.15, 0.2) is 8.32 Å². The lowest BCUT2D eigenvalue weighted by atomic mass is 9.82. The Morgan fingerprint density at radius 3 is 2.61 bits per heavy atom. The molecule has 1 N–H and O–H groups in total. The van der Waals surface area contributed by atoms with Crippen molar-refractivity contribution in [3.05, 3.63) is 12.7 Å². The summed E-state index contributed by atoms with van der Waals surface area (Å²) >= 11 is 0. The molecule has 0 aromatic heterocycles. The molecule has 1 unspecified atom stereocenters. The minimum absolute atomic E-state index is 0.0199. The van der Waals surface area contributed by atoms with Crippen molar-refractivity contribution in [2.24, 2.45) is 11.8 Å². The summed E-state index contributed by atoms with van der Waals surface area (Å²) in [6.07, 6.45) is 3.49. The van der Waals surface area contributed by atoms with E-state index in [0.717, 1.165) is 12.8 Å². The van der Waals surface area contributed by atoms with Crippen LogP contribution in [0.4, 0.5) is 4.79 Å². The van der Waals surface area contributed by atoms with Crippen molar-refractivity contribution in [1.82, 2.24) is 10.2 Å². The van der Waals surface area contributed by atoms with Crippen LogP contribution in [0.2, 0.25) is 18.1 Å². The number of nitrogens with zero attached hydrogens (tertiary/aromatic N) is 1. The molecule has 0 bridgehead atoms. The maximum atomic E-state index is 12.6. The molecule has 2 saturated heterocycles. The van der Waals surface area contributed by atoms with Crippen LogP contribution in [-0.2, 0) is 18.8 Å². The lowest BCUT2D eigenvalue weighted by molar-refractivity contribution is -0.141. The van der Waals surface area contributed by atoms with Crippen LogP contribution >= 0.6 is 0 Å². The number of hydrogen-bond acceptors (Lipinski definition) is 5. The van der Waals surface area contributed by atoms with E-state index in [1.807, 2.05) is 6.92 Å².